The number of nitrogens with zero attached hydrogens (tertiary/aromatic N) is 4. The molecule has 0 aliphatic carbocycles. The highest BCUT2D eigenvalue weighted by Gasteiger charge is 2.78. The molecule has 2 aliphatic heterocycles. The van der Waals surface area contributed by atoms with Gasteiger partial charge in [0.05, 0.1) is 26.2 Å². The van der Waals surface area contributed by atoms with Crippen LogP contribution in [0.5, 0.6) is 0 Å². The van der Waals surface area contributed by atoms with Crippen LogP contribution in [0.15, 0.2) is 0 Å². The normalized spacial score (nSPS) is 34.3. The first-order valence-electron chi connectivity index (χ1n) is 7.52. The van der Waals surface area contributed by atoms with E-state index in [-0.39, 0.29) is 47.8 Å². The highest BCUT2D eigenvalue weighted by Crippen LogP contribution is 2.52. The van der Waals surface area contributed by atoms with E-state index in [1.54, 1.807) is 23.6 Å². The SMILES string of the molecule is CC1(C)C2([N+](=O)[O-])CN(CCCl)CC1([N+](=O)[O-])CN(CCCl)C2. The average molecular weight is 369 g/mol. The van der Waals surface area contributed by atoms with Gasteiger partial charge in [0.1, 0.15) is 5.41 Å². The molecule has 2 saturated heterocycles. The van der Waals surface area contributed by atoms with Crippen molar-refractivity contribution in [1.29, 1.82) is 0 Å². The molecule has 0 radical (unpaired) electrons. The maximum absolute atomic E-state index is 12.0. The number of alkyl halides is 2. The first kappa shape index (κ1) is 18.6. The molecule has 0 aromatic heterocycles. The van der Waals surface area contributed by atoms with E-state index in [4.69, 9.17) is 23.2 Å². The minimum Gasteiger partial charge on any atom is -0.288 e. The van der Waals surface area contributed by atoms with Gasteiger partial charge in [-0.15, -0.1) is 23.2 Å². The zero-order valence-corrected chi connectivity index (χ0v) is 14.8. The fraction of sp³-hybridized carbons (Fsp3) is 1.00. The van der Waals surface area contributed by atoms with Gasteiger partial charge in [-0.25, -0.2) is 0 Å². The van der Waals surface area contributed by atoms with Crippen molar-refractivity contribution in [3.63, 3.8) is 0 Å². The molecule has 0 spiro atoms. The van der Waals surface area contributed by atoms with Crippen molar-refractivity contribution in [2.24, 2.45) is 5.41 Å². The summed E-state index contributed by atoms with van der Waals surface area (Å²) in [5.74, 6) is 0.570. The van der Waals surface area contributed by atoms with Crippen LogP contribution in [0.4, 0.5) is 0 Å². The lowest BCUT2D eigenvalue weighted by molar-refractivity contribution is -0.668. The van der Waals surface area contributed by atoms with E-state index >= 15 is 0 Å². The first-order chi connectivity index (χ1) is 10.7. The molecule has 2 heterocycles. The topological polar surface area (TPSA) is 92.8 Å². The summed E-state index contributed by atoms with van der Waals surface area (Å²) in [5.41, 5.74) is -3.93. The summed E-state index contributed by atoms with van der Waals surface area (Å²) in [6, 6.07) is 0. The highest BCUT2D eigenvalue weighted by atomic mass is 35.5. The van der Waals surface area contributed by atoms with Crippen LogP contribution in [0.3, 0.4) is 0 Å². The van der Waals surface area contributed by atoms with E-state index in [0.717, 1.165) is 0 Å². The van der Waals surface area contributed by atoms with Gasteiger partial charge in [-0.05, 0) is 13.8 Å². The van der Waals surface area contributed by atoms with Gasteiger partial charge in [0.25, 0.3) is 11.1 Å². The Bertz CT molecular complexity index is 448. The fourth-order valence-electron chi connectivity index (χ4n) is 4.16. The van der Waals surface area contributed by atoms with E-state index in [0.29, 0.717) is 13.1 Å². The number of hydrogen-bond acceptors (Lipinski definition) is 6. The monoisotopic (exact) mass is 368 g/mol. The summed E-state index contributed by atoms with van der Waals surface area (Å²) < 4.78 is 0. The summed E-state index contributed by atoms with van der Waals surface area (Å²) in [4.78, 5) is 26.9. The standard InChI is InChI=1S/C13H22Cl2N4O4/c1-11(2)12(18(20)21)7-16(5-3-14)8-13(11,19(22)23)10-17(9-12)6-4-15/h3-10H2,1-2H3. The summed E-state index contributed by atoms with van der Waals surface area (Å²) >= 11 is 11.6. The second-order valence-electron chi connectivity index (χ2n) is 7.00. The van der Waals surface area contributed by atoms with Crippen LogP contribution in [-0.2, 0) is 0 Å². The summed E-state index contributed by atoms with van der Waals surface area (Å²) in [5, 5.41) is 24.1. The van der Waals surface area contributed by atoms with Crippen LogP contribution < -0.4 is 0 Å². The molecule has 2 aliphatic rings. The maximum atomic E-state index is 12.0. The minimum atomic E-state index is -1.42. The number of halogens is 2. The zero-order valence-electron chi connectivity index (χ0n) is 13.3. The van der Waals surface area contributed by atoms with Gasteiger partial charge in [0.2, 0.25) is 0 Å². The van der Waals surface area contributed by atoms with Crippen molar-refractivity contribution >= 4 is 23.2 Å². The van der Waals surface area contributed by atoms with E-state index in [2.05, 4.69) is 0 Å². The molecular weight excluding hydrogens is 347 g/mol. The van der Waals surface area contributed by atoms with Crippen LogP contribution in [-0.4, -0.2) is 81.8 Å². The highest BCUT2D eigenvalue weighted by molar-refractivity contribution is 6.18. The van der Waals surface area contributed by atoms with Crippen LogP contribution in [0, 0.1) is 25.6 Å². The molecule has 0 aromatic carbocycles. The van der Waals surface area contributed by atoms with Crippen molar-refractivity contribution in [2.45, 2.75) is 24.9 Å². The lowest BCUT2D eigenvalue weighted by atomic mass is 9.55. The number of hydrogen-bond donors (Lipinski definition) is 0. The Labute approximate surface area is 145 Å². The van der Waals surface area contributed by atoms with Gasteiger partial charge in [-0.2, -0.15) is 0 Å². The first-order valence-corrected chi connectivity index (χ1v) is 8.59. The van der Waals surface area contributed by atoms with Gasteiger partial charge < -0.3 is 0 Å². The number of piperidine rings is 2. The Kier molecular flexibility index (Phi) is 5.11. The van der Waals surface area contributed by atoms with Crippen molar-refractivity contribution in [2.75, 3.05) is 51.0 Å². The largest absolute Gasteiger partial charge is 0.288 e. The van der Waals surface area contributed by atoms with Crippen LogP contribution >= 0.6 is 23.2 Å². The molecule has 0 unspecified atom stereocenters. The molecule has 23 heavy (non-hydrogen) atoms. The van der Waals surface area contributed by atoms with E-state index < -0.39 is 16.5 Å². The molecule has 0 aromatic rings. The maximum Gasteiger partial charge on any atom is 0.259 e. The Balaban J connectivity index is 2.57. The van der Waals surface area contributed by atoms with Gasteiger partial charge in [-0.3, -0.25) is 30.0 Å². The number of rotatable bonds is 6. The van der Waals surface area contributed by atoms with E-state index in [1.165, 1.54) is 0 Å². The third-order valence-electron chi connectivity index (χ3n) is 5.77. The summed E-state index contributed by atoms with van der Waals surface area (Å²) in [6.45, 7) is 4.77. The lowest BCUT2D eigenvalue weighted by Crippen LogP contribution is -2.83. The lowest BCUT2D eigenvalue weighted by Gasteiger charge is -2.58. The quantitative estimate of drug-likeness (QED) is 0.396. The zero-order chi connectivity index (χ0) is 17.5. The smallest absolute Gasteiger partial charge is 0.259 e. The Morgan fingerprint density at radius 2 is 1.17 bits per heavy atom. The molecule has 2 bridgehead atoms. The van der Waals surface area contributed by atoms with Crippen LogP contribution in [0.1, 0.15) is 13.8 Å². The van der Waals surface area contributed by atoms with Crippen molar-refractivity contribution < 1.29 is 9.85 Å². The Morgan fingerprint density at radius 3 is 1.39 bits per heavy atom. The summed E-state index contributed by atoms with van der Waals surface area (Å²) in [6.07, 6.45) is 0. The molecule has 10 heteroatoms. The Morgan fingerprint density at radius 1 is 0.870 bits per heavy atom. The molecule has 8 nitrogen and oxygen atoms in total. The second-order valence-corrected chi connectivity index (χ2v) is 7.76. The van der Waals surface area contributed by atoms with Crippen LogP contribution in [0.2, 0.25) is 0 Å². The molecule has 132 valence electrons. The predicted molar refractivity (Wildman–Crippen MR) is 87.6 cm³/mol. The van der Waals surface area contributed by atoms with Crippen molar-refractivity contribution in [3.05, 3.63) is 20.2 Å². The molecule has 2 rings (SSSR count). The fourth-order valence-corrected chi connectivity index (χ4v) is 4.64. The molecular formula is C13H22Cl2N4O4. The van der Waals surface area contributed by atoms with Crippen LogP contribution in [0.25, 0.3) is 0 Å². The molecule has 0 amide bonds. The van der Waals surface area contributed by atoms with E-state index in [9.17, 15) is 20.2 Å². The molecule has 0 atom stereocenters. The number of fused-ring (bicyclic) bond motifs is 2. The second kappa shape index (κ2) is 6.31. The predicted octanol–water partition coefficient (Wildman–Crippen LogP) is 1.15. The summed E-state index contributed by atoms with van der Waals surface area (Å²) in [7, 11) is 0. The van der Waals surface area contributed by atoms with Crippen molar-refractivity contribution in [3.8, 4) is 0 Å². The Hall–Kier alpha value is -0.700. The minimum absolute atomic E-state index is 0.161. The van der Waals surface area contributed by atoms with Gasteiger partial charge in [0, 0.05) is 34.7 Å². The molecule has 0 saturated carbocycles. The number of nitro groups is 2. The third kappa shape index (κ3) is 2.59. The third-order valence-corrected chi connectivity index (χ3v) is 6.11. The van der Waals surface area contributed by atoms with Gasteiger partial charge >= 0.3 is 0 Å². The van der Waals surface area contributed by atoms with Gasteiger partial charge in [0.15, 0.2) is 0 Å². The number of likely N-dealkylation sites (tertiary alicyclic amines) is 2. The van der Waals surface area contributed by atoms with Gasteiger partial charge in [-0.1, -0.05) is 0 Å². The average Bonchev–Trinajstić information content (AvgIpc) is 2.41. The van der Waals surface area contributed by atoms with E-state index in [1.807, 2.05) is 0 Å². The molecule has 2 fully saturated rings. The molecule has 0 N–H and O–H groups in total. The van der Waals surface area contributed by atoms with Crippen molar-refractivity contribution in [1.82, 2.24) is 9.80 Å².